The van der Waals surface area contributed by atoms with Gasteiger partial charge in [-0.1, -0.05) is 19.9 Å². The van der Waals surface area contributed by atoms with Gasteiger partial charge in [0.2, 0.25) is 0 Å². The van der Waals surface area contributed by atoms with Crippen LogP contribution in [-0.2, 0) is 21.6 Å². The second-order valence-electron chi connectivity index (χ2n) is 10.7. The summed E-state index contributed by atoms with van der Waals surface area (Å²) in [6, 6.07) is 7.42. The van der Waals surface area contributed by atoms with Gasteiger partial charge in [-0.15, -0.1) is 10.2 Å². The largest absolute Gasteiger partial charge is 0.253 e. The molecule has 1 unspecified atom stereocenters. The number of aromatic nitrogens is 7. The van der Waals surface area contributed by atoms with Crippen molar-refractivity contribution in [2.24, 2.45) is 5.41 Å². The van der Waals surface area contributed by atoms with Crippen LogP contribution >= 0.6 is 0 Å². The van der Waals surface area contributed by atoms with E-state index < -0.39 is 26.8 Å². The van der Waals surface area contributed by atoms with Gasteiger partial charge in [-0.25, -0.2) is 23.7 Å². The van der Waals surface area contributed by atoms with E-state index in [1.54, 1.807) is 12.3 Å². The maximum Gasteiger partial charge on any atom is 0.252 e. The summed E-state index contributed by atoms with van der Waals surface area (Å²) in [6.45, 7) is 4.35. The van der Waals surface area contributed by atoms with E-state index in [2.05, 4.69) is 39.1 Å². The van der Waals surface area contributed by atoms with E-state index in [-0.39, 0.29) is 28.3 Å². The Kier molecular flexibility index (Phi) is 5.46. The number of hydrogen-bond donors (Lipinski definition) is 1. The fourth-order valence-electron chi connectivity index (χ4n) is 6.25. The van der Waals surface area contributed by atoms with Crippen molar-refractivity contribution in [3.8, 4) is 17.2 Å². The molecule has 1 fully saturated rings. The van der Waals surface area contributed by atoms with Crippen LogP contribution in [0.2, 0.25) is 0 Å². The summed E-state index contributed by atoms with van der Waals surface area (Å²) in [5.41, 5.74) is 1.64. The maximum absolute atomic E-state index is 14.5. The summed E-state index contributed by atoms with van der Waals surface area (Å²) in [6.07, 6.45) is 6.57. The lowest BCUT2D eigenvalue weighted by Gasteiger charge is -2.37. The van der Waals surface area contributed by atoms with Gasteiger partial charge in [-0.3, -0.25) is 8.99 Å². The molecule has 6 rings (SSSR count). The van der Waals surface area contributed by atoms with Crippen LogP contribution in [0.4, 0.5) is 8.78 Å². The Morgan fingerprint density at radius 1 is 1.16 bits per heavy atom. The monoisotopic (exact) mass is 536 g/mol. The zero-order valence-corrected chi connectivity index (χ0v) is 22.0. The van der Waals surface area contributed by atoms with Crippen molar-refractivity contribution in [1.29, 1.82) is 4.78 Å². The number of halogens is 2. The lowest BCUT2D eigenvalue weighted by molar-refractivity contribution is 0.242. The molecule has 12 heteroatoms. The lowest BCUT2D eigenvalue weighted by atomic mass is 9.66. The van der Waals surface area contributed by atoms with E-state index in [1.807, 2.05) is 6.07 Å². The fraction of sp³-hybridized carbons (Fsp3) is 0.385. The highest BCUT2D eigenvalue weighted by Crippen LogP contribution is 2.69. The lowest BCUT2D eigenvalue weighted by Crippen LogP contribution is -2.38. The average molecular weight is 537 g/mol. The van der Waals surface area contributed by atoms with Crippen LogP contribution in [0, 0.1) is 21.8 Å². The van der Waals surface area contributed by atoms with Gasteiger partial charge in [0, 0.05) is 34.4 Å². The van der Waals surface area contributed by atoms with Gasteiger partial charge < -0.3 is 0 Å². The van der Waals surface area contributed by atoms with Crippen LogP contribution in [0.5, 0.6) is 0 Å². The van der Waals surface area contributed by atoms with Crippen LogP contribution in [-0.4, -0.2) is 51.1 Å². The molecule has 9 nitrogen and oxygen atoms in total. The third-order valence-electron chi connectivity index (χ3n) is 8.14. The van der Waals surface area contributed by atoms with Gasteiger partial charge in [0.15, 0.2) is 5.82 Å². The first-order chi connectivity index (χ1) is 18.0. The van der Waals surface area contributed by atoms with Crippen molar-refractivity contribution < 1.29 is 13.0 Å². The zero-order chi connectivity index (χ0) is 26.9. The molecule has 2 bridgehead atoms. The molecule has 1 saturated carbocycles. The molecule has 38 heavy (non-hydrogen) atoms. The van der Waals surface area contributed by atoms with Gasteiger partial charge in [-0.2, -0.15) is 9.78 Å². The van der Waals surface area contributed by atoms with E-state index in [4.69, 9.17) is 9.76 Å². The summed E-state index contributed by atoms with van der Waals surface area (Å²) >= 11 is 0. The SMILES string of the molecule is CC1(C)[C@H]2CC[C@@]1(c1ccnc(-n3cnc(CCS(C)(=N)=O)n3)n1)c1nnc(-c3c(F)cccc3F)cc12. The van der Waals surface area contributed by atoms with Gasteiger partial charge in [-0.05, 0) is 54.0 Å². The first-order valence-corrected chi connectivity index (χ1v) is 14.4. The molecule has 196 valence electrons. The van der Waals surface area contributed by atoms with E-state index in [9.17, 15) is 13.0 Å². The molecule has 2 aliphatic carbocycles. The number of fused-ring (bicyclic) bond motifs is 5. The van der Waals surface area contributed by atoms with Gasteiger partial charge in [0.05, 0.1) is 28.1 Å². The van der Waals surface area contributed by atoms with Crippen molar-refractivity contribution in [3.05, 3.63) is 77.3 Å². The maximum atomic E-state index is 14.5. The minimum atomic E-state index is -2.64. The summed E-state index contributed by atoms with van der Waals surface area (Å²) in [5.74, 6) is -0.257. The highest BCUT2D eigenvalue weighted by Gasteiger charge is 2.65. The quantitative estimate of drug-likeness (QED) is 0.391. The van der Waals surface area contributed by atoms with Crippen molar-refractivity contribution in [2.45, 2.75) is 44.4 Å². The Labute approximate surface area is 218 Å². The van der Waals surface area contributed by atoms with Gasteiger partial charge in [0.1, 0.15) is 18.0 Å². The predicted octanol–water partition coefficient (Wildman–Crippen LogP) is 4.21. The molecule has 0 radical (unpaired) electrons. The molecule has 0 aliphatic heterocycles. The molecule has 3 aromatic heterocycles. The molecule has 0 spiro atoms. The Hall–Kier alpha value is -3.67. The summed E-state index contributed by atoms with van der Waals surface area (Å²) < 4.78 is 49.8. The number of aryl methyl sites for hydroxylation is 1. The Morgan fingerprint density at radius 3 is 2.66 bits per heavy atom. The van der Waals surface area contributed by atoms with Gasteiger partial charge in [0.25, 0.3) is 5.95 Å². The summed E-state index contributed by atoms with van der Waals surface area (Å²) in [4.78, 5) is 13.5. The third-order valence-corrected chi connectivity index (χ3v) is 9.12. The molecule has 3 heterocycles. The number of nitrogens with zero attached hydrogens (tertiary/aromatic N) is 7. The van der Waals surface area contributed by atoms with Crippen LogP contribution in [0.1, 0.15) is 55.4 Å². The van der Waals surface area contributed by atoms with Crippen LogP contribution in [0.25, 0.3) is 17.2 Å². The Morgan fingerprint density at radius 2 is 1.92 bits per heavy atom. The topological polar surface area (TPSA) is 123 Å². The first kappa shape index (κ1) is 24.7. The molecule has 2 aliphatic rings. The number of hydrogen-bond acceptors (Lipinski definition) is 8. The number of rotatable bonds is 6. The average Bonchev–Trinajstić information content (AvgIpc) is 3.50. The zero-order valence-electron chi connectivity index (χ0n) is 21.2. The highest BCUT2D eigenvalue weighted by molar-refractivity contribution is 7.91. The van der Waals surface area contributed by atoms with E-state index in [0.717, 1.165) is 29.8 Å². The fourth-order valence-corrected chi connectivity index (χ4v) is 6.82. The number of benzene rings is 1. The van der Waals surface area contributed by atoms with Crippen LogP contribution in [0.3, 0.4) is 0 Å². The molecule has 3 atom stereocenters. The summed E-state index contributed by atoms with van der Waals surface area (Å²) in [7, 11) is -2.64. The van der Waals surface area contributed by atoms with Crippen molar-refractivity contribution in [3.63, 3.8) is 0 Å². The third kappa shape index (κ3) is 3.64. The predicted molar refractivity (Wildman–Crippen MR) is 136 cm³/mol. The molecule has 1 aromatic carbocycles. The summed E-state index contributed by atoms with van der Waals surface area (Å²) in [5, 5.41) is 13.3. The van der Waals surface area contributed by atoms with Crippen LogP contribution < -0.4 is 0 Å². The van der Waals surface area contributed by atoms with E-state index in [0.29, 0.717) is 18.2 Å². The molecular weight excluding hydrogens is 510 g/mol. The highest BCUT2D eigenvalue weighted by atomic mass is 32.2. The first-order valence-electron chi connectivity index (χ1n) is 12.3. The molecule has 0 saturated heterocycles. The minimum absolute atomic E-state index is 0.117. The van der Waals surface area contributed by atoms with Gasteiger partial charge >= 0.3 is 0 Å². The molecule has 1 N–H and O–H groups in total. The Bertz CT molecular complexity index is 1670. The second kappa shape index (κ2) is 8.42. The molecule has 0 amide bonds. The normalized spacial score (nSPS) is 22.8. The van der Waals surface area contributed by atoms with Crippen molar-refractivity contribution in [2.75, 3.05) is 12.0 Å². The minimum Gasteiger partial charge on any atom is -0.253 e. The van der Waals surface area contributed by atoms with Crippen LogP contribution in [0.15, 0.2) is 42.9 Å². The Balaban J connectivity index is 1.41. The van der Waals surface area contributed by atoms with Crippen molar-refractivity contribution >= 4 is 9.73 Å². The molecule has 4 aromatic rings. The van der Waals surface area contributed by atoms with E-state index in [1.165, 1.54) is 35.5 Å². The molecular formula is C26H26F2N8OS. The number of nitrogens with one attached hydrogen (secondary N) is 1. The van der Waals surface area contributed by atoms with E-state index >= 15 is 0 Å². The van der Waals surface area contributed by atoms with Crippen molar-refractivity contribution in [1.82, 2.24) is 34.9 Å². The second-order valence-corrected chi connectivity index (χ2v) is 13.1. The smallest absolute Gasteiger partial charge is 0.252 e. The standard InChI is InChI=1S/C26H26F2N8OS/c1-25(2)16-7-10-26(25,23-15(16)13-19(33-34-23)22-17(27)5-4-6-18(22)28)20-8-11-30-24(32-20)36-14-31-21(35-36)9-12-38(3,29)37/h4-6,8,11,13-14,16,29H,7,9-10,12H2,1-3H3/t16-,26+,38?/m0/s1.